The lowest BCUT2D eigenvalue weighted by atomic mass is 10.0. The van der Waals surface area contributed by atoms with Gasteiger partial charge in [-0.15, -0.1) is 0 Å². The van der Waals surface area contributed by atoms with Crippen molar-refractivity contribution in [3.8, 4) is 16.9 Å². The predicted molar refractivity (Wildman–Crippen MR) is 103 cm³/mol. The number of amides is 1. The van der Waals surface area contributed by atoms with Gasteiger partial charge in [-0.2, -0.15) is 0 Å². The van der Waals surface area contributed by atoms with E-state index in [1.807, 2.05) is 24.3 Å². The Balaban J connectivity index is 1.68. The Labute approximate surface area is 154 Å². The summed E-state index contributed by atoms with van der Waals surface area (Å²) < 4.78 is 7.85. The topological polar surface area (TPSA) is 69.0 Å². The number of hydrogen-bond donors (Lipinski definition) is 1. The van der Waals surface area contributed by atoms with E-state index in [0.29, 0.717) is 5.13 Å². The molecule has 7 heteroatoms. The molecule has 0 radical (unpaired) electrons. The lowest BCUT2D eigenvalue weighted by Gasteiger charge is -2.09. The highest BCUT2D eigenvalue weighted by Crippen LogP contribution is 2.35. The van der Waals surface area contributed by atoms with Crippen LogP contribution in [0.3, 0.4) is 0 Å². The second-order valence-electron chi connectivity index (χ2n) is 5.81. The van der Waals surface area contributed by atoms with Gasteiger partial charge in [-0.1, -0.05) is 29.0 Å². The van der Waals surface area contributed by atoms with Crippen molar-refractivity contribution in [2.45, 2.75) is 6.92 Å². The zero-order chi connectivity index (χ0) is 18.1. The van der Waals surface area contributed by atoms with E-state index in [1.54, 1.807) is 19.5 Å². The molecule has 0 aliphatic heterocycles. The van der Waals surface area contributed by atoms with Crippen LogP contribution in [0.25, 0.3) is 21.3 Å². The molecule has 26 heavy (non-hydrogen) atoms. The van der Waals surface area contributed by atoms with Gasteiger partial charge in [0.2, 0.25) is 0 Å². The largest absolute Gasteiger partial charge is 0.496 e. The molecule has 0 spiro atoms. The molecule has 2 aromatic carbocycles. The van der Waals surface area contributed by atoms with Crippen LogP contribution in [-0.4, -0.2) is 27.7 Å². The van der Waals surface area contributed by atoms with E-state index in [2.05, 4.69) is 34.3 Å². The summed E-state index contributed by atoms with van der Waals surface area (Å²) in [5, 5.41) is 3.34. The fraction of sp³-hybridized carbons (Fsp3) is 0.105. The zero-order valence-corrected chi connectivity index (χ0v) is 15.1. The maximum atomic E-state index is 12.1. The normalized spacial score (nSPS) is 10.8. The van der Waals surface area contributed by atoms with E-state index in [4.69, 9.17) is 4.74 Å². The Kier molecular flexibility index (Phi) is 4.14. The van der Waals surface area contributed by atoms with Gasteiger partial charge in [0.15, 0.2) is 5.13 Å². The molecule has 2 heterocycles. The number of methoxy groups -OCH3 is 1. The molecule has 0 aliphatic carbocycles. The van der Waals surface area contributed by atoms with Crippen molar-refractivity contribution in [1.82, 2.24) is 14.5 Å². The number of rotatable bonds is 3. The van der Waals surface area contributed by atoms with Gasteiger partial charge in [-0.05, 0) is 36.8 Å². The maximum absolute atomic E-state index is 12.1. The van der Waals surface area contributed by atoms with Gasteiger partial charge in [0.05, 0.1) is 17.3 Å². The molecule has 0 bridgehead atoms. The van der Waals surface area contributed by atoms with Crippen LogP contribution in [0.15, 0.2) is 55.1 Å². The molecule has 0 fully saturated rings. The van der Waals surface area contributed by atoms with Gasteiger partial charge in [-0.25, -0.2) is 14.8 Å². The minimum absolute atomic E-state index is 0.290. The first kappa shape index (κ1) is 16.3. The lowest BCUT2D eigenvalue weighted by molar-refractivity contribution is 0.253. The van der Waals surface area contributed by atoms with Gasteiger partial charge in [0.1, 0.15) is 12.1 Å². The van der Waals surface area contributed by atoms with Gasteiger partial charge >= 0.3 is 6.03 Å². The molecule has 130 valence electrons. The molecule has 0 saturated heterocycles. The Morgan fingerprint density at radius 2 is 2.12 bits per heavy atom. The SMILES string of the molecule is COc1ccc(C)cc1-c1ccc2nc(NC(=O)n3ccnc3)sc2c1. The highest BCUT2D eigenvalue weighted by molar-refractivity contribution is 7.22. The van der Waals surface area contributed by atoms with Crippen LogP contribution in [0, 0.1) is 6.92 Å². The van der Waals surface area contributed by atoms with E-state index in [0.717, 1.165) is 27.1 Å². The predicted octanol–water partition coefficient (Wildman–Crippen LogP) is 4.56. The van der Waals surface area contributed by atoms with Crippen molar-refractivity contribution in [1.29, 1.82) is 0 Å². The summed E-state index contributed by atoms with van der Waals surface area (Å²) in [6.07, 6.45) is 4.59. The second kappa shape index (κ2) is 6.61. The number of nitrogens with zero attached hydrogens (tertiary/aromatic N) is 3. The van der Waals surface area contributed by atoms with Crippen LogP contribution >= 0.6 is 11.3 Å². The van der Waals surface area contributed by atoms with Crippen molar-refractivity contribution in [3.63, 3.8) is 0 Å². The van der Waals surface area contributed by atoms with Crippen molar-refractivity contribution >= 4 is 32.7 Å². The number of aryl methyl sites for hydroxylation is 1. The number of thiazole rings is 1. The Morgan fingerprint density at radius 3 is 2.88 bits per heavy atom. The smallest absolute Gasteiger partial charge is 0.333 e. The summed E-state index contributed by atoms with van der Waals surface area (Å²) in [6, 6.07) is 11.8. The monoisotopic (exact) mass is 364 g/mol. The summed E-state index contributed by atoms with van der Waals surface area (Å²) >= 11 is 1.43. The summed E-state index contributed by atoms with van der Waals surface area (Å²) in [6.45, 7) is 2.05. The Hall–Kier alpha value is -3.19. The number of hydrogen-bond acceptors (Lipinski definition) is 5. The Morgan fingerprint density at radius 1 is 1.23 bits per heavy atom. The van der Waals surface area contributed by atoms with Gasteiger partial charge < -0.3 is 4.74 Å². The number of ether oxygens (including phenoxy) is 1. The summed E-state index contributed by atoms with van der Waals surface area (Å²) in [5.41, 5.74) is 4.09. The van der Waals surface area contributed by atoms with Crippen LogP contribution in [-0.2, 0) is 0 Å². The first-order chi connectivity index (χ1) is 12.6. The number of nitrogens with one attached hydrogen (secondary N) is 1. The van der Waals surface area contributed by atoms with E-state index >= 15 is 0 Å². The number of aromatic nitrogens is 3. The van der Waals surface area contributed by atoms with Crippen molar-refractivity contribution in [2.24, 2.45) is 0 Å². The number of benzene rings is 2. The first-order valence-electron chi connectivity index (χ1n) is 7.99. The van der Waals surface area contributed by atoms with Crippen LogP contribution in [0.4, 0.5) is 9.93 Å². The van der Waals surface area contributed by atoms with Crippen molar-refractivity contribution < 1.29 is 9.53 Å². The van der Waals surface area contributed by atoms with Crippen molar-refractivity contribution in [2.75, 3.05) is 12.4 Å². The molecule has 1 N–H and O–H groups in total. The van der Waals surface area contributed by atoms with E-state index in [1.165, 1.54) is 27.8 Å². The molecule has 4 aromatic rings. The number of fused-ring (bicyclic) bond motifs is 1. The molecular weight excluding hydrogens is 348 g/mol. The van der Waals surface area contributed by atoms with Crippen LogP contribution < -0.4 is 10.1 Å². The van der Waals surface area contributed by atoms with Crippen molar-refractivity contribution in [3.05, 3.63) is 60.7 Å². The van der Waals surface area contributed by atoms with Crippen LogP contribution in [0.5, 0.6) is 5.75 Å². The fourth-order valence-corrected chi connectivity index (χ4v) is 3.62. The molecule has 6 nitrogen and oxygen atoms in total. The third kappa shape index (κ3) is 3.04. The van der Waals surface area contributed by atoms with Crippen LogP contribution in [0.1, 0.15) is 5.56 Å². The summed E-state index contributed by atoms with van der Waals surface area (Å²) in [5.74, 6) is 0.827. The van der Waals surface area contributed by atoms with E-state index in [-0.39, 0.29) is 6.03 Å². The Bertz CT molecular complexity index is 1090. The molecule has 0 atom stereocenters. The molecule has 0 unspecified atom stereocenters. The average molecular weight is 364 g/mol. The summed E-state index contributed by atoms with van der Waals surface area (Å²) in [7, 11) is 1.67. The van der Waals surface area contributed by atoms with Gasteiger partial charge in [0, 0.05) is 18.0 Å². The first-order valence-corrected chi connectivity index (χ1v) is 8.80. The van der Waals surface area contributed by atoms with E-state index < -0.39 is 0 Å². The van der Waals surface area contributed by atoms with Crippen LogP contribution in [0.2, 0.25) is 0 Å². The fourth-order valence-electron chi connectivity index (χ4n) is 2.73. The zero-order valence-electron chi connectivity index (χ0n) is 14.3. The third-order valence-corrected chi connectivity index (χ3v) is 4.94. The molecular formula is C19H16N4O2S. The molecule has 4 rings (SSSR count). The maximum Gasteiger partial charge on any atom is 0.333 e. The molecule has 1 amide bonds. The molecule has 0 saturated carbocycles. The third-order valence-electron chi connectivity index (χ3n) is 4.01. The lowest BCUT2D eigenvalue weighted by Crippen LogP contribution is -2.17. The molecule has 2 aromatic heterocycles. The molecule has 0 aliphatic rings. The highest BCUT2D eigenvalue weighted by atomic mass is 32.1. The second-order valence-corrected chi connectivity index (χ2v) is 6.84. The highest BCUT2D eigenvalue weighted by Gasteiger charge is 2.12. The quantitative estimate of drug-likeness (QED) is 0.579. The number of anilines is 1. The van der Waals surface area contributed by atoms with Gasteiger partial charge in [0.25, 0.3) is 0 Å². The minimum atomic E-state index is -0.290. The standard InChI is InChI=1S/C19H16N4O2S/c1-12-3-6-16(25-2)14(9-12)13-4-5-15-17(10-13)26-18(21-15)22-19(24)23-8-7-20-11-23/h3-11H,1-2H3,(H,21,22,24). The number of carbonyl (C=O) groups is 1. The average Bonchev–Trinajstić information content (AvgIpc) is 3.30. The minimum Gasteiger partial charge on any atom is -0.496 e. The summed E-state index contributed by atoms with van der Waals surface area (Å²) in [4.78, 5) is 20.5. The number of imidazole rings is 1. The van der Waals surface area contributed by atoms with E-state index in [9.17, 15) is 4.79 Å². The van der Waals surface area contributed by atoms with Gasteiger partial charge in [-0.3, -0.25) is 9.88 Å². The number of carbonyl (C=O) groups excluding carboxylic acids is 1.